The van der Waals surface area contributed by atoms with Crippen molar-refractivity contribution in [3.05, 3.63) is 65.5 Å². The predicted molar refractivity (Wildman–Crippen MR) is 119 cm³/mol. The van der Waals surface area contributed by atoms with E-state index in [2.05, 4.69) is 0 Å². The molecule has 2 amide bonds. The molecule has 32 heavy (non-hydrogen) atoms. The van der Waals surface area contributed by atoms with Crippen LogP contribution < -0.4 is 4.74 Å². The summed E-state index contributed by atoms with van der Waals surface area (Å²) >= 11 is 0. The van der Waals surface area contributed by atoms with E-state index in [0.717, 1.165) is 50.9 Å². The van der Waals surface area contributed by atoms with Crippen molar-refractivity contribution in [1.29, 1.82) is 0 Å². The molecule has 2 heterocycles. The van der Waals surface area contributed by atoms with Crippen molar-refractivity contribution in [2.24, 2.45) is 5.92 Å². The van der Waals surface area contributed by atoms with E-state index in [4.69, 9.17) is 4.74 Å². The maximum absolute atomic E-state index is 14.1. The lowest BCUT2D eigenvalue weighted by Gasteiger charge is -2.32. The third kappa shape index (κ3) is 4.50. The second kappa shape index (κ2) is 8.93. The van der Waals surface area contributed by atoms with Gasteiger partial charge in [-0.25, -0.2) is 4.39 Å². The number of piperidine rings is 1. The average molecular weight is 437 g/mol. The lowest BCUT2D eigenvalue weighted by atomic mass is 9.98. The van der Waals surface area contributed by atoms with E-state index in [1.807, 2.05) is 29.2 Å². The molecule has 1 aliphatic carbocycles. The van der Waals surface area contributed by atoms with E-state index in [-0.39, 0.29) is 29.7 Å². The molecule has 0 radical (unpaired) electrons. The summed E-state index contributed by atoms with van der Waals surface area (Å²) < 4.78 is 20.2. The number of hydrogen-bond donors (Lipinski definition) is 0. The van der Waals surface area contributed by atoms with E-state index in [1.165, 1.54) is 6.07 Å². The third-order valence-corrected chi connectivity index (χ3v) is 6.90. The molecule has 0 unspecified atom stereocenters. The summed E-state index contributed by atoms with van der Waals surface area (Å²) in [7, 11) is 0. The molecule has 0 aromatic heterocycles. The predicted octanol–water partition coefficient (Wildman–Crippen LogP) is 4.24. The molecule has 1 saturated carbocycles. The second-order valence-corrected chi connectivity index (χ2v) is 9.20. The summed E-state index contributed by atoms with van der Waals surface area (Å²) in [6.45, 7) is 2.69. The van der Waals surface area contributed by atoms with Gasteiger partial charge >= 0.3 is 0 Å². The van der Waals surface area contributed by atoms with Crippen LogP contribution in [0.25, 0.3) is 0 Å². The Morgan fingerprint density at radius 2 is 1.53 bits per heavy atom. The standard InChI is InChI=1S/C26H29FN2O3/c27-24-4-2-1-3-23(24)20-11-14-29(17-20)26(31)19-7-9-21(10-8-19)32-22-12-15-28(16-13-22)25(30)18-5-6-18/h1-4,7-10,18,20,22H,5-6,11-17H2/t20-/m0/s1. The zero-order valence-corrected chi connectivity index (χ0v) is 18.2. The van der Waals surface area contributed by atoms with Gasteiger partial charge in [-0.1, -0.05) is 18.2 Å². The maximum Gasteiger partial charge on any atom is 0.253 e. The molecular weight excluding hydrogens is 407 g/mol. The molecule has 1 atom stereocenters. The number of likely N-dealkylation sites (tertiary alicyclic amines) is 2. The molecular formula is C26H29FN2O3. The molecule has 2 aromatic carbocycles. The zero-order valence-electron chi connectivity index (χ0n) is 18.2. The van der Waals surface area contributed by atoms with Gasteiger partial charge in [0.1, 0.15) is 17.7 Å². The van der Waals surface area contributed by atoms with Crippen LogP contribution >= 0.6 is 0 Å². The van der Waals surface area contributed by atoms with Gasteiger partial charge < -0.3 is 14.5 Å². The maximum atomic E-state index is 14.1. The van der Waals surface area contributed by atoms with Crippen LogP contribution in [0.2, 0.25) is 0 Å². The van der Waals surface area contributed by atoms with Gasteiger partial charge in [0.15, 0.2) is 0 Å². The van der Waals surface area contributed by atoms with Crippen LogP contribution in [0, 0.1) is 11.7 Å². The first kappa shape index (κ1) is 21.0. The molecule has 3 fully saturated rings. The molecule has 0 bridgehead atoms. The quantitative estimate of drug-likeness (QED) is 0.705. The van der Waals surface area contributed by atoms with E-state index in [0.29, 0.717) is 30.1 Å². The Hall–Kier alpha value is -2.89. The van der Waals surface area contributed by atoms with Crippen LogP contribution in [0.4, 0.5) is 4.39 Å². The number of nitrogens with zero attached hydrogens (tertiary/aromatic N) is 2. The van der Waals surface area contributed by atoms with Crippen molar-refractivity contribution in [3.63, 3.8) is 0 Å². The monoisotopic (exact) mass is 436 g/mol. The highest BCUT2D eigenvalue weighted by atomic mass is 19.1. The fraction of sp³-hybridized carbons (Fsp3) is 0.462. The van der Waals surface area contributed by atoms with Crippen molar-refractivity contribution in [3.8, 4) is 5.75 Å². The summed E-state index contributed by atoms with van der Waals surface area (Å²) in [6, 6.07) is 14.1. The summed E-state index contributed by atoms with van der Waals surface area (Å²) in [5, 5.41) is 0. The van der Waals surface area contributed by atoms with Crippen molar-refractivity contribution in [1.82, 2.24) is 9.80 Å². The van der Waals surface area contributed by atoms with E-state index in [9.17, 15) is 14.0 Å². The molecule has 2 aliphatic heterocycles. The second-order valence-electron chi connectivity index (χ2n) is 9.20. The first-order chi connectivity index (χ1) is 15.6. The minimum Gasteiger partial charge on any atom is -0.490 e. The van der Waals surface area contributed by atoms with Gasteiger partial charge in [-0.15, -0.1) is 0 Å². The van der Waals surface area contributed by atoms with Gasteiger partial charge in [0.25, 0.3) is 5.91 Å². The number of amides is 2. The van der Waals surface area contributed by atoms with Crippen LogP contribution in [-0.2, 0) is 4.79 Å². The topological polar surface area (TPSA) is 49.9 Å². The smallest absolute Gasteiger partial charge is 0.253 e. The first-order valence-corrected chi connectivity index (χ1v) is 11.7. The Bertz CT molecular complexity index is 981. The first-order valence-electron chi connectivity index (χ1n) is 11.7. The molecule has 2 aromatic rings. The van der Waals surface area contributed by atoms with Crippen LogP contribution in [0.1, 0.15) is 53.9 Å². The molecule has 0 spiro atoms. The number of rotatable bonds is 5. The van der Waals surface area contributed by atoms with Gasteiger partial charge in [0.05, 0.1) is 0 Å². The van der Waals surface area contributed by atoms with Crippen molar-refractivity contribution in [2.75, 3.05) is 26.2 Å². The van der Waals surface area contributed by atoms with Crippen molar-refractivity contribution >= 4 is 11.8 Å². The largest absolute Gasteiger partial charge is 0.490 e. The number of carbonyl (C=O) groups excluding carboxylic acids is 2. The zero-order chi connectivity index (χ0) is 22.1. The lowest BCUT2D eigenvalue weighted by molar-refractivity contribution is -0.134. The van der Waals surface area contributed by atoms with Gasteiger partial charge in [0, 0.05) is 56.4 Å². The molecule has 5 nitrogen and oxygen atoms in total. The van der Waals surface area contributed by atoms with E-state index in [1.54, 1.807) is 23.1 Å². The van der Waals surface area contributed by atoms with Gasteiger partial charge in [-0.3, -0.25) is 9.59 Å². The van der Waals surface area contributed by atoms with Crippen LogP contribution in [0.5, 0.6) is 5.75 Å². The fourth-order valence-corrected chi connectivity index (χ4v) is 4.84. The highest BCUT2D eigenvalue weighted by molar-refractivity contribution is 5.94. The van der Waals surface area contributed by atoms with Gasteiger partial charge in [-0.05, 0) is 55.2 Å². The normalized spacial score (nSPS) is 21.6. The number of carbonyl (C=O) groups is 2. The Balaban J connectivity index is 1.13. The van der Waals surface area contributed by atoms with Crippen molar-refractivity contribution in [2.45, 2.75) is 44.1 Å². The van der Waals surface area contributed by atoms with Gasteiger partial charge in [0.2, 0.25) is 5.91 Å². The molecule has 6 heteroatoms. The highest BCUT2D eigenvalue weighted by Crippen LogP contribution is 2.33. The van der Waals surface area contributed by atoms with E-state index >= 15 is 0 Å². The fourth-order valence-electron chi connectivity index (χ4n) is 4.84. The van der Waals surface area contributed by atoms with Crippen LogP contribution in [0.15, 0.2) is 48.5 Å². The summed E-state index contributed by atoms with van der Waals surface area (Å²) in [6.07, 6.45) is 4.63. The average Bonchev–Trinajstić information content (AvgIpc) is 3.56. The Morgan fingerprint density at radius 1 is 0.844 bits per heavy atom. The highest BCUT2D eigenvalue weighted by Gasteiger charge is 2.35. The van der Waals surface area contributed by atoms with Crippen LogP contribution in [-0.4, -0.2) is 53.9 Å². The minimum absolute atomic E-state index is 0.0257. The van der Waals surface area contributed by atoms with Crippen molar-refractivity contribution < 1.29 is 18.7 Å². The lowest BCUT2D eigenvalue weighted by Crippen LogP contribution is -2.42. The summed E-state index contributed by atoms with van der Waals surface area (Å²) in [4.78, 5) is 28.9. The van der Waals surface area contributed by atoms with E-state index < -0.39 is 0 Å². The molecule has 0 N–H and O–H groups in total. The Labute approximate surface area is 188 Å². The third-order valence-electron chi connectivity index (χ3n) is 6.90. The number of hydrogen-bond acceptors (Lipinski definition) is 3. The molecule has 168 valence electrons. The number of halogens is 1. The Kier molecular flexibility index (Phi) is 5.85. The Morgan fingerprint density at radius 3 is 2.22 bits per heavy atom. The molecule has 3 aliphatic rings. The number of ether oxygens (including phenoxy) is 1. The SMILES string of the molecule is O=C(c1ccc(OC2CCN(C(=O)C3CC3)CC2)cc1)N1CC[C@H](c2ccccc2F)C1. The van der Waals surface area contributed by atoms with Crippen LogP contribution in [0.3, 0.4) is 0 Å². The van der Waals surface area contributed by atoms with Gasteiger partial charge in [-0.2, -0.15) is 0 Å². The molecule has 5 rings (SSSR count). The summed E-state index contributed by atoms with van der Waals surface area (Å²) in [5.74, 6) is 1.15. The number of benzene rings is 2. The minimum atomic E-state index is -0.198. The summed E-state index contributed by atoms with van der Waals surface area (Å²) in [5.41, 5.74) is 1.31. The molecule has 2 saturated heterocycles.